The first-order valence-electron chi connectivity index (χ1n) is 5.48. The number of nitrogens with two attached hydrogens (primary N) is 1. The Bertz CT molecular complexity index is 427. The van der Waals surface area contributed by atoms with Gasteiger partial charge < -0.3 is 20.5 Å². The zero-order chi connectivity index (χ0) is 12.4. The molecule has 0 radical (unpaired) electrons. The lowest BCUT2D eigenvalue weighted by Crippen LogP contribution is -2.26. The van der Waals surface area contributed by atoms with Gasteiger partial charge in [-0.1, -0.05) is 0 Å². The SMILES string of the molecule is COC(=O)c1sc(NC2CCC2)c(OC)c1N. The molecular weight excluding hydrogens is 240 g/mol. The lowest BCUT2D eigenvalue weighted by Gasteiger charge is -2.26. The van der Waals surface area contributed by atoms with Crippen LogP contribution >= 0.6 is 11.3 Å². The smallest absolute Gasteiger partial charge is 0.350 e. The van der Waals surface area contributed by atoms with E-state index in [1.54, 1.807) is 7.11 Å². The molecule has 0 saturated heterocycles. The van der Waals surface area contributed by atoms with Crippen molar-refractivity contribution in [3.63, 3.8) is 0 Å². The lowest BCUT2D eigenvalue weighted by molar-refractivity contribution is 0.0607. The topological polar surface area (TPSA) is 73.6 Å². The molecule has 5 nitrogen and oxygen atoms in total. The molecule has 0 bridgehead atoms. The standard InChI is InChI=1S/C11H16N2O3S/c1-15-8-7(12)9(11(14)16-2)17-10(8)13-6-4-3-5-6/h6,13H,3-5,12H2,1-2H3. The van der Waals surface area contributed by atoms with E-state index in [0.717, 1.165) is 17.8 Å². The van der Waals surface area contributed by atoms with Crippen molar-refractivity contribution in [3.05, 3.63) is 4.88 Å². The summed E-state index contributed by atoms with van der Waals surface area (Å²) in [4.78, 5) is 11.9. The molecule has 1 aliphatic rings. The molecule has 1 saturated carbocycles. The molecule has 2 rings (SSSR count). The predicted molar refractivity (Wildman–Crippen MR) is 67.9 cm³/mol. The number of carbonyl (C=O) groups excluding carboxylic acids is 1. The third kappa shape index (κ3) is 2.17. The zero-order valence-electron chi connectivity index (χ0n) is 9.91. The third-order valence-corrected chi connectivity index (χ3v) is 4.01. The molecule has 1 aromatic rings. The molecule has 6 heteroatoms. The highest BCUT2D eigenvalue weighted by Gasteiger charge is 2.25. The Hall–Kier alpha value is -1.43. The molecule has 94 valence electrons. The Kier molecular flexibility index (Phi) is 3.42. The van der Waals surface area contributed by atoms with E-state index in [-0.39, 0.29) is 0 Å². The van der Waals surface area contributed by atoms with Crippen molar-refractivity contribution >= 4 is 28.0 Å². The predicted octanol–water partition coefficient (Wildman–Crippen LogP) is 2.09. The quantitative estimate of drug-likeness (QED) is 0.807. The molecule has 17 heavy (non-hydrogen) atoms. The lowest BCUT2D eigenvalue weighted by atomic mass is 9.93. The molecule has 0 aliphatic heterocycles. The Morgan fingerprint density at radius 1 is 1.47 bits per heavy atom. The van der Waals surface area contributed by atoms with Gasteiger partial charge in [-0.25, -0.2) is 4.79 Å². The van der Waals surface area contributed by atoms with Crippen molar-refractivity contribution in [1.82, 2.24) is 0 Å². The number of carbonyl (C=O) groups is 1. The number of anilines is 2. The summed E-state index contributed by atoms with van der Waals surface area (Å²) in [6, 6.07) is 0.465. The Morgan fingerprint density at radius 2 is 2.18 bits per heavy atom. The highest BCUT2D eigenvalue weighted by molar-refractivity contribution is 7.19. The average molecular weight is 256 g/mol. The van der Waals surface area contributed by atoms with E-state index in [1.807, 2.05) is 0 Å². The van der Waals surface area contributed by atoms with Gasteiger partial charge in [0.15, 0.2) is 5.75 Å². The van der Waals surface area contributed by atoms with Gasteiger partial charge in [-0.05, 0) is 19.3 Å². The van der Waals surface area contributed by atoms with Crippen molar-refractivity contribution in [2.75, 3.05) is 25.3 Å². The van der Waals surface area contributed by atoms with Crippen LogP contribution in [0.25, 0.3) is 0 Å². The number of hydrogen-bond donors (Lipinski definition) is 2. The minimum Gasteiger partial charge on any atom is -0.492 e. The van der Waals surface area contributed by atoms with Crippen LogP contribution in [0, 0.1) is 0 Å². The average Bonchev–Trinajstić information content (AvgIpc) is 2.59. The Balaban J connectivity index is 2.27. The van der Waals surface area contributed by atoms with Crippen LogP contribution in [0.2, 0.25) is 0 Å². The van der Waals surface area contributed by atoms with Gasteiger partial charge in [0.25, 0.3) is 0 Å². The van der Waals surface area contributed by atoms with Gasteiger partial charge in [0.05, 0.1) is 14.2 Å². The molecule has 1 aliphatic carbocycles. The van der Waals surface area contributed by atoms with Crippen molar-refractivity contribution in [3.8, 4) is 5.75 Å². The minimum absolute atomic E-state index is 0.353. The third-order valence-electron chi connectivity index (χ3n) is 2.91. The van der Waals surface area contributed by atoms with Gasteiger partial charge in [-0.2, -0.15) is 0 Å². The summed E-state index contributed by atoms with van der Waals surface area (Å²) in [6.45, 7) is 0. The van der Waals surface area contributed by atoms with E-state index >= 15 is 0 Å². The Labute approximate surface area is 104 Å². The Morgan fingerprint density at radius 3 is 2.65 bits per heavy atom. The van der Waals surface area contributed by atoms with Gasteiger partial charge in [0.1, 0.15) is 15.6 Å². The molecule has 1 aromatic heterocycles. The van der Waals surface area contributed by atoms with Crippen LogP contribution in [-0.4, -0.2) is 26.2 Å². The number of esters is 1. The van der Waals surface area contributed by atoms with Crippen LogP contribution in [0.15, 0.2) is 0 Å². The van der Waals surface area contributed by atoms with Gasteiger partial charge >= 0.3 is 5.97 Å². The first kappa shape index (κ1) is 12.0. The van der Waals surface area contributed by atoms with E-state index < -0.39 is 5.97 Å². The summed E-state index contributed by atoms with van der Waals surface area (Å²) in [5.41, 5.74) is 6.22. The monoisotopic (exact) mass is 256 g/mol. The number of thiophene rings is 1. The van der Waals surface area contributed by atoms with Gasteiger partial charge in [0.2, 0.25) is 0 Å². The maximum absolute atomic E-state index is 11.5. The highest BCUT2D eigenvalue weighted by atomic mass is 32.1. The highest BCUT2D eigenvalue weighted by Crippen LogP contribution is 2.44. The van der Waals surface area contributed by atoms with Crippen molar-refractivity contribution in [1.29, 1.82) is 0 Å². The number of nitrogens with one attached hydrogen (secondary N) is 1. The second kappa shape index (κ2) is 4.83. The summed E-state index contributed by atoms with van der Waals surface area (Å²) >= 11 is 1.29. The molecule has 0 unspecified atom stereocenters. The second-order valence-corrected chi connectivity index (χ2v) is 4.99. The summed E-state index contributed by atoms with van der Waals surface area (Å²) < 4.78 is 9.92. The van der Waals surface area contributed by atoms with Crippen LogP contribution in [0.3, 0.4) is 0 Å². The molecule has 1 fully saturated rings. The summed E-state index contributed by atoms with van der Waals surface area (Å²) in [6.07, 6.45) is 3.54. The van der Waals surface area contributed by atoms with E-state index in [4.69, 9.17) is 10.5 Å². The van der Waals surface area contributed by atoms with E-state index in [2.05, 4.69) is 10.1 Å². The van der Waals surface area contributed by atoms with Crippen molar-refractivity contribution < 1.29 is 14.3 Å². The van der Waals surface area contributed by atoms with Crippen LogP contribution in [0.5, 0.6) is 5.75 Å². The molecule has 0 spiro atoms. The molecular formula is C11H16N2O3S. The van der Waals surface area contributed by atoms with E-state index in [0.29, 0.717) is 22.4 Å². The summed E-state index contributed by atoms with van der Waals surface area (Å²) in [7, 11) is 2.89. The maximum atomic E-state index is 11.5. The summed E-state index contributed by atoms with van der Waals surface area (Å²) in [5, 5.41) is 4.16. The number of methoxy groups -OCH3 is 2. The molecule has 0 amide bonds. The number of rotatable bonds is 4. The van der Waals surface area contributed by atoms with Crippen molar-refractivity contribution in [2.24, 2.45) is 0 Å². The molecule has 3 N–H and O–H groups in total. The molecule has 0 atom stereocenters. The normalized spacial score (nSPS) is 15.2. The van der Waals surface area contributed by atoms with Crippen LogP contribution in [-0.2, 0) is 4.74 Å². The van der Waals surface area contributed by atoms with Crippen LogP contribution < -0.4 is 15.8 Å². The fraction of sp³-hybridized carbons (Fsp3) is 0.545. The first-order chi connectivity index (χ1) is 8.17. The minimum atomic E-state index is -0.424. The van der Waals surface area contributed by atoms with E-state index in [1.165, 1.54) is 24.9 Å². The zero-order valence-corrected chi connectivity index (χ0v) is 10.7. The summed E-state index contributed by atoms with van der Waals surface area (Å²) in [5.74, 6) is 0.120. The van der Waals surface area contributed by atoms with Gasteiger partial charge in [0, 0.05) is 6.04 Å². The number of nitrogen functional groups attached to an aromatic ring is 1. The number of ether oxygens (including phenoxy) is 2. The number of hydrogen-bond acceptors (Lipinski definition) is 6. The van der Waals surface area contributed by atoms with Gasteiger partial charge in [-0.3, -0.25) is 0 Å². The molecule has 1 heterocycles. The fourth-order valence-electron chi connectivity index (χ4n) is 1.71. The molecule has 0 aromatic carbocycles. The second-order valence-electron chi connectivity index (χ2n) is 3.97. The van der Waals surface area contributed by atoms with E-state index in [9.17, 15) is 4.79 Å². The fourth-order valence-corrected chi connectivity index (χ4v) is 2.79. The maximum Gasteiger partial charge on any atom is 0.350 e. The largest absolute Gasteiger partial charge is 0.492 e. The first-order valence-corrected chi connectivity index (χ1v) is 6.30. The van der Waals surface area contributed by atoms with Crippen molar-refractivity contribution in [2.45, 2.75) is 25.3 Å². The van der Waals surface area contributed by atoms with Crippen LogP contribution in [0.1, 0.15) is 28.9 Å². The van der Waals surface area contributed by atoms with Gasteiger partial charge in [-0.15, -0.1) is 11.3 Å². The van der Waals surface area contributed by atoms with Crippen LogP contribution in [0.4, 0.5) is 10.7 Å².